The van der Waals surface area contributed by atoms with Crippen molar-refractivity contribution in [2.45, 2.75) is 6.92 Å². The molecule has 1 aliphatic heterocycles. The molecule has 0 aliphatic carbocycles. The van der Waals surface area contributed by atoms with E-state index in [1.54, 1.807) is 37.3 Å². The lowest BCUT2D eigenvalue weighted by molar-refractivity contribution is -0.115. The zero-order chi connectivity index (χ0) is 28.1. The van der Waals surface area contributed by atoms with E-state index in [0.717, 1.165) is 6.07 Å². The smallest absolute Gasteiger partial charge is 0.329 e. The number of nitrogens with one attached hydrogen (secondary N) is 2. The van der Waals surface area contributed by atoms with Crippen LogP contribution in [-0.4, -0.2) is 39.0 Å². The number of aryl methyl sites for hydroxylation is 1. The Kier molecular flexibility index (Phi) is 5.79. The number of aromatic amines is 1. The van der Waals surface area contributed by atoms with E-state index in [1.807, 2.05) is 0 Å². The number of nitrogen functional groups attached to an aromatic ring is 1. The van der Waals surface area contributed by atoms with Gasteiger partial charge in [0, 0.05) is 10.9 Å². The van der Waals surface area contributed by atoms with E-state index in [-0.39, 0.29) is 35.1 Å². The zero-order valence-corrected chi connectivity index (χ0v) is 20.9. The molecule has 5 aromatic rings. The number of para-hydroxylation sites is 1. The molecule has 10 nitrogen and oxygen atoms in total. The number of amides is 3. The van der Waals surface area contributed by atoms with Gasteiger partial charge in [-0.25, -0.2) is 23.2 Å². The molecule has 6 rings (SSSR count). The molecule has 3 heterocycles. The molecule has 200 valence electrons. The highest BCUT2D eigenvalue weighted by Gasteiger charge is 2.32. The number of ether oxygens (including phenoxy) is 1. The number of nitrogens with zero attached hydrogens (tertiary/aromatic N) is 3. The Hall–Kier alpha value is -5.52. The lowest BCUT2D eigenvalue weighted by atomic mass is 10.1. The normalized spacial score (nSPS) is 13.2. The third kappa shape index (κ3) is 4.11. The summed E-state index contributed by atoms with van der Waals surface area (Å²) in [4.78, 5) is 41.0. The summed E-state index contributed by atoms with van der Waals surface area (Å²) in [6.45, 7) is 1.57. The maximum atomic E-state index is 14.8. The number of ketones is 1. The number of H-pyrrole nitrogens is 1. The average molecular weight is 543 g/mol. The molecule has 40 heavy (non-hydrogen) atoms. The number of hydrogen-bond acceptors (Lipinski definition) is 6. The van der Waals surface area contributed by atoms with Gasteiger partial charge in [0.2, 0.25) is 5.78 Å². The number of rotatable bonds is 6. The van der Waals surface area contributed by atoms with E-state index in [0.29, 0.717) is 32.8 Å². The summed E-state index contributed by atoms with van der Waals surface area (Å²) in [6.07, 6.45) is 1.33. The Balaban J connectivity index is 1.29. The molecule has 3 amide bonds. The summed E-state index contributed by atoms with van der Waals surface area (Å²) < 4.78 is 35.8. The van der Waals surface area contributed by atoms with Gasteiger partial charge in [-0.3, -0.25) is 9.59 Å². The average Bonchev–Trinajstić information content (AvgIpc) is 3.61. The van der Waals surface area contributed by atoms with Gasteiger partial charge in [0.05, 0.1) is 35.4 Å². The van der Waals surface area contributed by atoms with Crippen LogP contribution in [0.15, 0.2) is 66.9 Å². The van der Waals surface area contributed by atoms with Gasteiger partial charge in [-0.05, 0) is 61.0 Å². The van der Waals surface area contributed by atoms with Crippen molar-refractivity contribution in [2.24, 2.45) is 0 Å². The van der Waals surface area contributed by atoms with Crippen molar-refractivity contribution in [3.05, 3.63) is 95.3 Å². The first-order valence-corrected chi connectivity index (χ1v) is 12.1. The van der Waals surface area contributed by atoms with Crippen molar-refractivity contribution in [1.29, 1.82) is 0 Å². The van der Waals surface area contributed by atoms with Crippen molar-refractivity contribution in [3.8, 4) is 17.2 Å². The quantitative estimate of drug-likeness (QED) is 0.212. The van der Waals surface area contributed by atoms with Gasteiger partial charge in [0.25, 0.3) is 5.91 Å². The Morgan fingerprint density at radius 2 is 1.82 bits per heavy atom. The van der Waals surface area contributed by atoms with Crippen molar-refractivity contribution in [2.75, 3.05) is 17.2 Å². The van der Waals surface area contributed by atoms with Crippen molar-refractivity contribution >= 4 is 40.1 Å². The maximum Gasteiger partial charge on any atom is 0.329 e. The fourth-order valence-corrected chi connectivity index (χ4v) is 4.56. The number of carbonyl (C=O) groups excluding carboxylic acids is 3. The largest absolute Gasteiger partial charge is 0.454 e. The third-order valence-corrected chi connectivity index (χ3v) is 6.53. The number of aromatic nitrogens is 3. The standard InChI is InChI=1S/C28H20F2N6O4/c1-14-8-16(40-24-5-3-2-4-18(24)29)6-7-22(14)36-27(31)17(12-33-36)26(38)21-10-15-9-19(30)23(11-20(15)34-21)35-25(37)13-32-28(35)39/h2-12,34H,13,31H2,1H3,(H,32,39). The second-order valence-corrected chi connectivity index (χ2v) is 9.13. The third-order valence-electron chi connectivity index (χ3n) is 6.53. The van der Waals surface area contributed by atoms with E-state index in [9.17, 15) is 23.2 Å². The molecule has 1 saturated heterocycles. The molecule has 2 aromatic heterocycles. The van der Waals surface area contributed by atoms with Crippen LogP contribution in [0.25, 0.3) is 16.6 Å². The summed E-state index contributed by atoms with van der Waals surface area (Å²) in [5, 5.41) is 6.99. The molecule has 0 bridgehead atoms. The Morgan fingerprint density at radius 1 is 1.02 bits per heavy atom. The maximum absolute atomic E-state index is 14.8. The van der Waals surface area contributed by atoms with Gasteiger partial charge in [0.15, 0.2) is 11.6 Å². The Bertz CT molecular complexity index is 1850. The van der Waals surface area contributed by atoms with E-state index < -0.39 is 29.4 Å². The molecular weight excluding hydrogens is 522 g/mol. The summed E-state index contributed by atoms with van der Waals surface area (Å²) >= 11 is 0. The number of benzene rings is 3. The van der Waals surface area contributed by atoms with E-state index in [1.165, 1.54) is 35.1 Å². The second-order valence-electron chi connectivity index (χ2n) is 9.13. The molecule has 4 N–H and O–H groups in total. The first kappa shape index (κ1) is 24.8. The Labute approximate surface area is 224 Å². The number of fused-ring (bicyclic) bond motifs is 1. The van der Waals surface area contributed by atoms with Crippen molar-refractivity contribution in [1.82, 2.24) is 20.1 Å². The highest BCUT2D eigenvalue weighted by atomic mass is 19.1. The second kappa shape index (κ2) is 9.34. The number of halogens is 2. The minimum atomic E-state index is -0.791. The molecule has 0 atom stereocenters. The van der Waals surface area contributed by atoms with Crippen LogP contribution in [0.4, 0.5) is 25.1 Å². The summed E-state index contributed by atoms with van der Waals surface area (Å²) in [7, 11) is 0. The van der Waals surface area contributed by atoms with Gasteiger partial charge in [0.1, 0.15) is 17.4 Å². The number of urea groups is 1. The summed E-state index contributed by atoms with van der Waals surface area (Å²) in [5.74, 6) is -1.80. The molecule has 1 aliphatic rings. The highest BCUT2D eigenvalue weighted by Crippen LogP contribution is 2.31. The molecule has 0 unspecified atom stereocenters. The van der Waals surface area contributed by atoms with E-state index >= 15 is 0 Å². The number of hydrogen-bond donors (Lipinski definition) is 3. The minimum Gasteiger partial charge on any atom is -0.454 e. The van der Waals surface area contributed by atoms with Gasteiger partial charge >= 0.3 is 6.03 Å². The first-order chi connectivity index (χ1) is 19.2. The number of carbonyl (C=O) groups is 3. The molecule has 3 aromatic carbocycles. The van der Waals surface area contributed by atoms with Gasteiger partial charge in [-0.2, -0.15) is 5.10 Å². The molecule has 0 saturated carbocycles. The van der Waals surface area contributed by atoms with Crippen LogP contribution in [0.3, 0.4) is 0 Å². The van der Waals surface area contributed by atoms with Gasteiger partial charge < -0.3 is 20.8 Å². The summed E-state index contributed by atoms with van der Waals surface area (Å²) in [5.41, 5.74) is 7.94. The van der Waals surface area contributed by atoms with Gasteiger partial charge in [-0.15, -0.1) is 0 Å². The summed E-state index contributed by atoms with van der Waals surface area (Å²) in [6, 6.07) is 14.2. The fraction of sp³-hybridized carbons (Fsp3) is 0.0714. The van der Waals surface area contributed by atoms with Crippen LogP contribution in [0.5, 0.6) is 11.5 Å². The fourth-order valence-electron chi connectivity index (χ4n) is 4.56. The predicted octanol–water partition coefficient (Wildman–Crippen LogP) is 4.60. The zero-order valence-electron chi connectivity index (χ0n) is 20.9. The lowest BCUT2D eigenvalue weighted by Crippen LogP contribution is -2.31. The molecule has 0 spiro atoms. The number of nitrogens with two attached hydrogens (primary N) is 1. The van der Waals surface area contributed by atoms with Crippen LogP contribution < -0.4 is 20.7 Å². The van der Waals surface area contributed by atoms with Crippen molar-refractivity contribution < 1.29 is 27.9 Å². The van der Waals surface area contributed by atoms with Crippen LogP contribution in [0.2, 0.25) is 0 Å². The topological polar surface area (TPSA) is 135 Å². The SMILES string of the molecule is Cc1cc(Oc2ccccc2F)ccc1-n1ncc(C(=O)c2cc3cc(F)c(N4C(=O)CNC4=O)cc3[nH]2)c1N. The molecule has 0 radical (unpaired) electrons. The molecular formula is C28H20F2N6O4. The van der Waals surface area contributed by atoms with E-state index in [4.69, 9.17) is 10.5 Å². The van der Waals surface area contributed by atoms with Gasteiger partial charge in [-0.1, -0.05) is 12.1 Å². The monoisotopic (exact) mass is 542 g/mol. The molecule has 12 heteroatoms. The Morgan fingerprint density at radius 3 is 2.55 bits per heavy atom. The minimum absolute atomic E-state index is 0.0701. The first-order valence-electron chi connectivity index (χ1n) is 12.1. The van der Waals surface area contributed by atoms with Crippen LogP contribution >= 0.6 is 0 Å². The van der Waals surface area contributed by atoms with E-state index in [2.05, 4.69) is 15.4 Å². The van der Waals surface area contributed by atoms with Crippen molar-refractivity contribution in [3.63, 3.8) is 0 Å². The predicted molar refractivity (Wildman–Crippen MR) is 142 cm³/mol. The van der Waals surface area contributed by atoms with Crippen LogP contribution in [0, 0.1) is 18.6 Å². The van der Waals surface area contributed by atoms with Crippen LogP contribution in [-0.2, 0) is 4.79 Å². The molecule has 1 fully saturated rings. The number of anilines is 2. The highest BCUT2D eigenvalue weighted by molar-refractivity contribution is 6.20. The van der Waals surface area contributed by atoms with Crippen LogP contribution in [0.1, 0.15) is 21.6 Å². The number of imide groups is 1. The lowest BCUT2D eigenvalue weighted by Gasteiger charge is -2.13.